The molecule has 0 aliphatic rings. The van der Waals surface area contributed by atoms with E-state index in [0.29, 0.717) is 30.5 Å². The van der Waals surface area contributed by atoms with Gasteiger partial charge in [0, 0.05) is 23.2 Å². The van der Waals surface area contributed by atoms with Crippen LogP contribution < -0.4 is 5.32 Å². The molecule has 0 saturated heterocycles. The van der Waals surface area contributed by atoms with Gasteiger partial charge in [-0.1, -0.05) is 44.5 Å². The fraction of sp³-hybridized carbons (Fsp3) is 0.500. The zero-order valence-electron chi connectivity index (χ0n) is 13.1. The quantitative estimate of drug-likeness (QED) is 0.498. The summed E-state index contributed by atoms with van der Waals surface area (Å²) < 4.78 is 5.33. The van der Waals surface area contributed by atoms with Gasteiger partial charge in [-0.15, -0.1) is 0 Å². The molecule has 0 fully saturated rings. The van der Waals surface area contributed by atoms with Gasteiger partial charge >= 0.3 is 0 Å². The van der Waals surface area contributed by atoms with E-state index in [2.05, 4.69) is 16.9 Å². The summed E-state index contributed by atoms with van der Waals surface area (Å²) in [5.41, 5.74) is 2.10. The summed E-state index contributed by atoms with van der Waals surface area (Å²) in [6.07, 6.45) is 0. The van der Waals surface area contributed by atoms with Crippen molar-refractivity contribution < 1.29 is 9.53 Å². The summed E-state index contributed by atoms with van der Waals surface area (Å²) in [7, 11) is 0. The van der Waals surface area contributed by atoms with Gasteiger partial charge in [-0.2, -0.15) is 0 Å². The van der Waals surface area contributed by atoms with Gasteiger partial charge in [-0.25, -0.2) is 4.98 Å². The van der Waals surface area contributed by atoms with Gasteiger partial charge in [0.1, 0.15) is 5.15 Å². The summed E-state index contributed by atoms with van der Waals surface area (Å²) in [5, 5.41) is 3.12. The second-order valence-electron chi connectivity index (χ2n) is 6.08. The summed E-state index contributed by atoms with van der Waals surface area (Å²) in [6.45, 7) is 13.1. The Balaban J connectivity index is 2.62. The molecular weight excluding hydrogens is 288 g/mol. The molecule has 1 heterocycles. The van der Waals surface area contributed by atoms with Crippen molar-refractivity contribution in [3.8, 4) is 0 Å². The minimum atomic E-state index is -0.177. The molecular formula is C16H23ClN2O2. The topological polar surface area (TPSA) is 51.2 Å². The van der Waals surface area contributed by atoms with Crippen LogP contribution >= 0.6 is 11.6 Å². The average molecular weight is 311 g/mol. The lowest BCUT2D eigenvalue weighted by Crippen LogP contribution is -2.28. The van der Waals surface area contributed by atoms with Crippen LogP contribution in [0.3, 0.4) is 0 Å². The number of carbonyl (C=O) groups is 1. The maximum atomic E-state index is 12.1. The number of amides is 1. The molecule has 1 aromatic rings. The molecule has 0 unspecified atom stereocenters. The Labute approximate surface area is 131 Å². The maximum absolute atomic E-state index is 12.1. The van der Waals surface area contributed by atoms with E-state index in [0.717, 1.165) is 11.3 Å². The van der Waals surface area contributed by atoms with Gasteiger partial charge in [-0.3, -0.25) is 4.79 Å². The van der Waals surface area contributed by atoms with E-state index in [4.69, 9.17) is 16.3 Å². The Morgan fingerprint density at radius 3 is 2.67 bits per heavy atom. The smallest absolute Gasteiger partial charge is 0.251 e. The molecule has 1 aromatic heterocycles. The predicted octanol–water partition coefficient (Wildman–Crippen LogP) is 3.36. The van der Waals surface area contributed by atoms with Crippen molar-refractivity contribution >= 4 is 17.5 Å². The second-order valence-corrected chi connectivity index (χ2v) is 6.47. The highest BCUT2D eigenvalue weighted by molar-refractivity contribution is 6.29. The number of nitrogens with zero attached hydrogens (tertiary/aromatic N) is 1. The van der Waals surface area contributed by atoms with E-state index in [-0.39, 0.29) is 11.3 Å². The summed E-state index contributed by atoms with van der Waals surface area (Å²) in [5.74, 6) is -0.177. The first kappa shape index (κ1) is 17.7. The van der Waals surface area contributed by atoms with Crippen molar-refractivity contribution in [2.75, 3.05) is 19.8 Å². The maximum Gasteiger partial charge on any atom is 0.251 e. The van der Waals surface area contributed by atoms with Crippen molar-refractivity contribution in [1.29, 1.82) is 0 Å². The van der Waals surface area contributed by atoms with E-state index >= 15 is 0 Å². The first-order valence-corrected chi connectivity index (χ1v) is 7.26. The number of halogens is 1. The van der Waals surface area contributed by atoms with Crippen LogP contribution in [-0.4, -0.2) is 30.6 Å². The highest BCUT2D eigenvalue weighted by Crippen LogP contribution is 2.23. The Bertz CT molecular complexity index is 521. The largest absolute Gasteiger partial charge is 0.375 e. The summed E-state index contributed by atoms with van der Waals surface area (Å²) in [4.78, 5) is 16.4. The van der Waals surface area contributed by atoms with Gasteiger partial charge in [0.2, 0.25) is 0 Å². The first-order chi connectivity index (χ1) is 9.70. The fourth-order valence-corrected chi connectivity index (χ4v) is 1.81. The van der Waals surface area contributed by atoms with Crippen LogP contribution in [0.15, 0.2) is 24.3 Å². The minimum Gasteiger partial charge on any atom is -0.375 e. The molecule has 4 nitrogen and oxygen atoms in total. The van der Waals surface area contributed by atoms with Gasteiger partial charge in [0.05, 0.1) is 13.2 Å². The van der Waals surface area contributed by atoms with Crippen LogP contribution in [0.25, 0.3) is 0 Å². The van der Waals surface area contributed by atoms with Crippen LogP contribution in [0.1, 0.15) is 43.7 Å². The van der Waals surface area contributed by atoms with E-state index in [1.54, 1.807) is 12.1 Å². The molecule has 116 valence electrons. The third-order valence-electron chi connectivity index (χ3n) is 2.71. The van der Waals surface area contributed by atoms with E-state index in [1.807, 2.05) is 27.7 Å². The predicted molar refractivity (Wildman–Crippen MR) is 85.9 cm³/mol. The number of hydrogen-bond acceptors (Lipinski definition) is 3. The lowest BCUT2D eigenvalue weighted by atomic mass is 9.91. The molecule has 0 aliphatic carbocycles. The van der Waals surface area contributed by atoms with E-state index < -0.39 is 0 Å². The van der Waals surface area contributed by atoms with Crippen LogP contribution in [0, 0.1) is 0 Å². The Kier molecular flexibility index (Phi) is 6.37. The summed E-state index contributed by atoms with van der Waals surface area (Å²) in [6, 6.07) is 3.34. The van der Waals surface area contributed by atoms with E-state index in [1.165, 1.54) is 0 Å². The molecule has 21 heavy (non-hydrogen) atoms. The number of carbonyl (C=O) groups excluding carboxylic acids is 1. The van der Waals surface area contributed by atoms with Crippen LogP contribution in [0.5, 0.6) is 0 Å². The molecule has 0 spiro atoms. The number of ether oxygens (including phenoxy) is 1. The standard InChI is InChI=1S/C16H23ClN2O2/c1-11(2)10-21-7-6-18-15(20)12-8-13(16(3,4)5)19-14(17)9-12/h8-9H,1,6-7,10H2,2-5H3,(H,18,20). The fourth-order valence-electron chi connectivity index (χ4n) is 1.60. The van der Waals surface area contributed by atoms with Gasteiger partial charge < -0.3 is 10.1 Å². The zero-order valence-corrected chi connectivity index (χ0v) is 13.9. The van der Waals surface area contributed by atoms with Gasteiger partial charge in [0.15, 0.2) is 0 Å². The number of hydrogen-bond donors (Lipinski definition) is 1. The SMILES string of the molecule is C=C(C)COCCNC(=O)c1cc(Cl)nc(C(C)(C)C)c1. The molecule has 5 heteroatoms. The highest BCUT2D eigenvalue weighted by Gasteiger charge is 2.18. The molecule has 1 amide bonds. The van der Waals surface area contributed by atoms with Gasteiger partial charge in [0.25, 0.3) is 5.91 Å². The molecule has 0 atom stereocenters. The minimum absolute atomic E-state index is 0.162. The monoisotopic (exact) mass is 310 g/mol. The van der Waals surface area contributed by atoms with Crippen LogP contribution in [0.4, 0.5) is 0 Å². The van der Waals surface area contributed by atoms with Crippen LogP contribution in [0.2, 0.25) is 5.15 Å². The lowest BCUT2D eigenvalue weighted by Gasteiger charge is -2.18. The molecule has 1 N–H and O–H groups in total. The Morgan fingerprint density at radius 1 is 1.43 bits per heavy atom. The van der Waals surface area contributed by atoms with E-state index in [9.17, 15) is 4.79 Å². The third kappa shape index (κ3) is 6.27. The second kappa shape index (κ2) is 7.57. The molecule has 0 aromatic carbocycles. The number of rotatable bonds is 6. The first-order valence-electron chi connectivity index (χ1n) is 6.88. The average Bonchev–Trinajstić information content (AvgIpc) is 2.36. The normalized spacial score (nSPS) is 11.3. The highest BCUT2D eigenvalue weighted by atomic mass is 35.5. The van der Waals surface area contributed by atoms with Gasteiger partial charge in [-0.05, 0) is 19.1 Å². The van der Waals surface area contributed by atoms with Crippen molar-refractivity contribution in [2.45, 2.75) is 33.1 Å². The van der Waals surface area contributed by atoms with Crippen molar-refractivity contribution in [3.63, 3.8) is 0 Å². The molecule has 0 aliphatic heterocycles. The molecule has 0 saturated carbocycles. The number of pyridine rings is 1. The number of nitrogens with one attached hydrogen (secondary N) is 1. The van der Waals surface area contributed by atoms with Crippen molar-refractivity contribution in [2.24, 2.45) is 0 Å². The Morgan fingerprint density at radius 2 is 2.10 bits per heavy atom. The van der Waals surface area contributed by atoms with Crippen molar-refractivity contribution in [1.82, 2.24) is 10.3 Å². The van der Waals surface area contributed by atoms with Crippen molar-refractivity contribution in [3.05, 3.63) is 40.7 Å². The Hall–Kier alpha value is -1.39. The molecule has 0 bridgehead atoms. The third-order valence-corrected chi connectivity index (χ3v) is 2.90. The van der Waals surface area contributed by atoms with Crippen LogP contribution in [-0.2, 0) is 10.2 Å². The molecule has 1 rings (SSSR count). The molecule has 0 radical (unpaired) electrons. The number of aromatic nitrogens is 1. The zero-order chi connectivity index (χ0) is 16.0. The summed E-state index contributed by atoms with van der Waals surface area (Å²) >= 11 is 5.99. The lowest BCUT2D eigenvalue weighted by molar-refractivity contribution is 0.0926.